The van der Waals surface area contributed by atoms with Crippen LogP contribution in [-0.4, -0.2) is 46.4 Å². The van der Waals surface area contributed by atoms with Gasteiger partial charge in [-0.25, -0.2) is 4.98 Å². The predicted octanol–water partition coefficient (Wildman–Crippen LogP) is 2.37. The SMILES string of the molecule is O=C(CN1CCCCC1=O)Nc1ccc2nc([C@H]3CCCO3)[nH]c2c1. The van der Waals surface area contributed by atoms with Gasteiger partial charge in [0, 0.05) is 25.3 Å². The third-order valence-corrected chi connectivity index (χ3v) is 4.77. The van der Waals surface area contributed by atoms with E-state index in [1.54, 1.807) is 4.90 Å². The van der Waals surface area contributed by atoms with Crippen molar-refractivity contribution in [3.8, 4) is 0 Å². The Labute approximate surface area is 145 Å². The highest BCUT2D eigenvalue weighted by molar-refractivity contribution is 5.96. The second kappa shape index (κ2) is 6.84. The fourth-order valence-electron chi connectivity index (χ4n) is 3.46. The molecule has 0 spiro atoms. The number of fused-ring (bicyclic) bond motifs is 1. The number of hydrogen-bond donors (Lipinski definition) is 2. The molecule has 0 unspecified atom stereocenters. The number of anilines is 1. The summed E-state index contributed by atoms with van der Waals surface area (Å²) in [5, 5.41) is 2.87. The minimum Gasteiger partial charge on any atom is -0.370 e. The van der Waals surface area contributed by atoms with Crippen molar-refractivity contribution in [2.45, 2.75) is 38.2 Å². The van der Waals surface area contributed by atoms with Gasteiger partial charge in [0.15, 0.2) is 0 Å². The average Bonchev–Trinajstić information content (AvgIpc) is 3.25. The molecule has 0 aliphatic carbocycles. The number of imidazole rings is 1. The number of nitrogens with zero attached hydrogens (tertiary/aromatic N) is 2. The Hall–Kier alpha value is -2.41. The van der Waals surface area contributed by atoms with Crippen LogP contribution >= 0.6 is 0 Å². The van der Waals surface area contributed by atoms with Crippen molar-refractivity contribution in [3.05, 3.63) is 24.0 Å². The van der Waals surface area contributed by atoms with Crippen molar-refractivity contribution in [2.75, 3.05) is 25.0 Å². The summed E-state index contributed by atoms with van der Waals surface area (Å²) in [5.41, 5.74) is 2.43. The number of aromatic amines is 1. The lowest BCUT2D eigenvalue weighted by atomic mass is 10.1. The Morgan fingerprint density at radius 1 is 1.36 bits per heavy atom. The van der Waals surface area contributed by atoms with Gasteiger partial charge in [-0.2, -0.15) is 0 Å². The molecule has 2 N–H and O–H groups in total. The molecule has 25 heavy (non-hydrogen) atoms. The molecule has 2 amide bonds. The molecule has 2 aliphatic heterocycles. The molecule has 2 saturated heterocycles. The van der Waals surface area contributed by atoms with E-state index in [2.05, 4.69) is 15.3 Å². The van der Waals surface area contributed by atoms with Crippen molar-refractivity contribution in [1.29, 1.82) is 0 Å². The highest BCUT2D eigenvalue weighted by Gasteiger charge is 2.22. The van der Waals surface area contributed by atoms with Crippen LogP contribution in [0.5, 0.6) is 0 Å². The first-order valence-electron chi connectivity index (χ1n) is 8.88. The third kappa shape index (κ3) is 3.51. The number of H-pyrrole nitrogens is 1. The van der Waals surface area contributed by atoms with Gasteiger partial charge in [0.25, 0.3) is 0 Å². The van der Waals surface area contributed by atoms with Crippen LogP contribution in [-0.2, 0) is 14.3 Å². The van der Waals surface area contributed by atoms with Gasteiger partial charge in [0.05, 0.1) is 17.6 Å². The van der Waals surface area contributed by atoms with Crippen LogP contribution in [0.4, 0.5) is 5.69 Å². The molecule has 4 rings (SSSR count). The lowest BCUT2D eigenvalue weighted by Gasteiger charge is -2.25. The van der Waals surface area contributed by atoms with Gasteiger partial charge in [-0.15, -0.1) is 0 Å². The average molecular weight is 342 g/mol. The number of nitrogens with one attached hydrogen (secondary N) is 2. The number of benzene rings is 1. The van der Waals surface area contributed by atoms with E-state index in [-0.39, 0.29) is 24.5 Å². The monoisotopic (exact) mass is 342 g/mol. The van der Waals surface area contributed by atoms with Crippen LogP contribution in [0.15, 0.2) is 18.2 Å². The molecule has 7 nitrogen and oxygen atoms in total. The molecule has 0 saturated carbocycles. The Morgan fingerprint density at radius 2 is 2.28 bits per heavy atom. The summed E-state index contributed by atoms with van der Waals surface area (Å²) in [6, 6.07) is 5.58. The zero-order valence-corrected chi connectivity index (χ0v) is 14.1. The van der Waals surface area contributed by atoms with Gasteiger partial charge < -0.3 is 19.9 Å². The summed E-state index contributed by atoms with van der Waals surface area (Å²) < 4.78 is 5.66. The number of hydrogen-bond acceptors (Lipinski definition) is 4. The smallest absolute Gasteiger partial charge is 0.243 e. The fourth-order valence-corrected chi connectivity index (χ4v) is 3.46. The van der Waals surface area contributed by atoms with Gasteiger partial charge in [-0.05, 0) is 43.9 Å². The normalized spacial score (nSPS) is 21.0. The van der Waals surface area contributed by atoms with E-state index >= 15 is 0 Å². The van der Waals surface area contributed by atoms with E-state index in [0.717, 1.165) is 49.1 Å². The molecular formula is C18H22N4O3. The highest BCUT2D eigenvalue weighted by atomic mass is 16.5. The van der Waals surface area contributed by atoms with Crippen molar-refractivity contribution in [3.63, 3.8) is 0 Å². The largest absolute Gasteiger partial charge is 0.370 e. The molecule has 0 radical (unpaired) electrons. The first kappa shape index (κ1) is 16.1. The van der Waals surface area contributed by atoms with Crippen molar-refractivity contribution < 1.29 is 14.3 Å². The topological polar surface area (TPSA) is 87.3 Å². The second-order valence-corrected chi connectivity index (χ2v) is 6.68. The number of carbonyl (C=O) groups excluding carboxylic acids is 2. The lowest BCUT2D eigenvalue weighted by Crippen LogP contribution is -2.40. The number of ether oxygens (including phenoxy) is 1. The molecule has 1 aromatic carbocycles. The zero-order chi connectivity index (χ0) is 17.2. The molecule has 0 bridgehead atoms. The molecule has 7 heteroatoms. The van der Waals surface area contributed by atoms with E-state index < -0.39 is 0 Å². The zero-order valence-electron chi connectivity index (χ0n) is 14.1. The summed E-state index contributed by atoms with van der Waals surface area (Å²) in [7, 11) is 0. The Kier molecular flexibility index (Phi) is 4.40. The van der Waals surface area contributed by atoms with Crippen molar-refractivity contribution in [1.82, 2.24) is 14.9 Å². The molecule has 2 fully saturated rings. The number of aromatic nitrogens is 2. The standard InChI is InChI=1S/C18H22N4O3/c23-16(11-22-8-2-1-5-17(22)24)19-12-6-7-13-14(10-12)21-18(20-13)15-4-3-9-25-15/h6-7,10,15H,1-5,8-9,11H2,(H,19,23)(H,20,21)/t15-/m1/s1. The molecule has 1 atom stereocenters. The van der Waals surface area contributed by atoms with Crippen LogP contribution in [0.1, 0.15) is 44.0 Å². The van der Waals surface area contributed by atoms with Crippen LogP contribution in [0.25, 0.3) is 11.0 Å². The summed E-state index contributed by atoms with van der Waals surface area (Å²) in [5.74, 6) is 0.731. The molecule has 132 valence electrons. The van der Waals surface area contributed by atoms with Gasteiger partial charge in [-0.3, -0.25) is 9.59 Å². The van der Waals surface area contributed by atoms with Crippen LogP contribution in [0, 0.1) is 0 Å². The van der Waals surface area contributed by atoms with Gasteiger partial charge in [0.2, 0.25) is 11.8 Å². The number of amides is 2. The van der Waals surface area contributed by atoms with Gasteiger partial charge in [0.1, 0.15) is 11.9 Å². The number of likely N-dealkylation sites (tertiary alicyclic amines) is 1. The Morgan fingerprint density at radius 3 is 3.08 bits per heavy atom. The quantitative estimate of drug-likeness (QED) is 0.893. The van der Waals surface area contributed by atoms with Crippen molar-refractivity contribution >= 4 is 28.5 Å². The maximum absolute atomic E-state index is 12.2. The van der Waals surface area contributed by atoms with Crippen LogP contribution < -0.4 is 5.32 Å². The van der Waals surface area contributed by atoms with Crippen LogP contribution in [0.3, 0.4) is 0 Å². The van der Waals surface area contributed by atoms with E-state index in [0.29, 0.717) is 18.7 Å². The minimum absolute atomic E-state index is 0.0376. The summed E-state index contributed by atoms with van der Waals surface area (Å²) in [4.78, 5) is 33.5. The van der Waals surface area contributed by atoms with Gasteiger partial charge >= 0.3 is 0 Å². The Bertz CT molecular complexity index is 795. The summed E-state index contributed by atoms with van der Waals surface area (Å²) >= 11 is 0. The summed E-state index contributed by atoms with van der Waals surface area (Å²) in [6.45, 7) is 1.55. The maximum atomic E-state index is 12.2. The molecule has 3 heterocycles. The first-order valence-corrected chi connectivity index (χ1v) is 8.88. The van der Waals surface area contributed by atoms with Gasteiger partial charge in [-0.1, -0.05) is 0 Å². The van der Waals surface area contributed by atoms with E-state index in [1.165, 1.54) is 0 Å². The van der Waals surface area contributed by atoms with E-state index in [4.69, 9.17) is 4.74 Å². The number of carbonyl (C=O) groups is 2. The second-order valence-electron chi connectivity index (χ2n) is 6.68. The lowest BCUT2D eigenvalue weighted by molar-refractivity contribution is -0.136. The Balaban J connectivity index is 1.44. The number of piperidine rings is 1. The van der Waals surface area contributed by atoms with E-state index in [9.17, 15) is 9.59 Å². The molecule has 1 aromatic heterocycles. The molecule has 2 aromatic rings. The van der Waals surface area contributed by atoms with Crippen molar-refractivity contribution in [2.24, 2.45) is 0 Å². The summed E-state index contributed by atoms with van der Waals surface area (Å²) in [6.07, 6.45) is 4.49. The molecular weight excluding hydrogens is 320 g/mol. The maximum Gasteiger partial charge on any atom is 0.243 e. The minimum atomic E-state index is -0.173. The fraction of sp³-hybridized carbons (Fsp3) is 0.500. The molecule has 2 aliphatic rings. The highest BCUT2D eigenvalue weighted by Crippen LogP contribution is 2.28. The first-order chi connectivity index (χ1) is 12.2. The van der Waals surface area contributed by atoms with Crippen LogP contribution in [0.2, 0.25) is 0 Å². The predicted molar refractivity (Wildman–Crippen MR) is 93.1 cm³/mol. The number of rotatable bonds is 4. The van der Waals surface area contributed by atoms with E-state index in [1.807, 2.05) is 18.2 Å². The third-order valence-electron chi connectivity index (χ3n) is 4.77.